The van der Waals surface area contributed by atoms with Gasteiger partial charge >= 0.3 is 5.97 Å². The van der Waals surface area contributed by atoms with Gasteiger partial charge in [-0.2, -0.15) is 4.31 Å². The first-order valence-corrected chi connectivity index (χ1v) is 10.7. The summed E-state index contributed by atoms with van der Waals surface area (Å²) in [6.45, 7) is 7.08. The second-order valence-corrected chi connectivity index (χ2v) is 8.45. The first-order chi connectivity index (χ1) is 13.6. The standard InChI is InChI=1S/C21H24FNO5S/c1-5-23(6-2)29(26,27)17-11-12-19(22)18(13-17)21(25)28-15(4)20(24)16-9-7-14(3)8-10-16/h7-13,15H,5-6H2,1-4H3. The Morgan fingerprint density at radius 1 is 1.07 bits per heavy atom. The van der Waals surface area contributed by atoms with Crippen molar-refractivity contribution in [3.05, 3.63) is 65.0 Å². The van der Waals surface area contributed by atoms with Gasteiger partial charge in [0.1, 0.15) is 5.82 Å². The molecular formula is C21H24FNO5S. The second kappa shape index (κ2) is 9.28. The summed E-state index contributed by atoms with van der Waals surface area (Å²) in [7, 11) is -3.87. The van der Waals surface area contributed by atoms with Crippen LogP contribution in [0, 0.1) is 12.7 Å². The number of ketones is 1. The van der Waals surface area contributed by atoms with Crippen LogP contribution in [0.1, 0.15) is 47.1 Å². The molecule has 2 rings (SSSR count). The van der Waals surface area contributed by atoms with Crippen molar-refractivity contribution in [3.8, 4) is 0 Å². The van der Waals surface area contributed by atoms with Gasteiger partial charge in [0.25, 0.3) is 0 Å². The third-order valence-electron chi connectivity index (χ3n) is 4.49. The molecule has 1 unspecified atom stereocenters. The average molecular weight is 421 g/mol. The van der Waals surface area contributed by atoms with Crippen molar-refractivity contribution in [2.24, 2.45) is 0 Å². The number of carbonyl (C=O) groups excluding carboxylic acids is 2. The van der Waals surface area contributed by atoms with Crippen LogP contribution in [0.5, 0.6) is 0 Å². The zero-order valence-corrected chi connectivity index (χ0v) is 17.6. The summed E-state index contributed by atoms with van der Waals surface area (Å²) in [4.78, 5) is 24.6. The van der Waals surface area contributed by atoms with E-state index in [0.717, 1.165) is 23.8 Å². The van der Waals surface area contributed by atoms with Crippen molar-refractivity contribution in [2.75, 3.05) is 13.1 Å². The Bertz CT molecular complexity index is 998. The fourth-order valence-electron chi connectivity index (χ4n) is 2.76. The number of ether oxygens (including phenoxy) is 1. The fourth-order valence-corrected chi connectivity index (χ4v) is 4.25. The first-order valence-electron chi connectivity index (χ1n) is 9.23. The average Bonchev–Trinajstić information content (AvgIpc) is 2.68. The van der Waals surface area contributed by atoms with Crippen molar-refractivity contribution in [2.45, 2.75) is 38.7 Å². The summed E-state index contributed by atoms with van der Waals surface area (Å²) in [6, 6.07) is 9.67. The zero-order valence-electron chi connectivity index (χ0n) is 16.8. The number of hydrogen-bond donors (Lipinski definition) is 0. The molecule has 6 nitrogen and oxygen atoms in total. The van der Waals surface area contributed by atoms with Gasteiger partial charge in [-0.25, -0.2) is 17.6 Å². The summed E-state index contributed by atoms with van der Waals surface area (Å²) in [5.41, 5.74) is 0.788. The third-order valence-corrected chi connectivity index (χ3v) is 6.54. The first kappa shape index (κ1) is 22.7. The summed E-state index contributed by atoms with van der Waals surface area (Å²) < 4.78 is 45.7. The molecule has 0 radical (unpaired) electrons. The van der Waals surface area contributed by atoms with Crippen LogP contribution in [0.2, 0.25) is 0 Å². The molecule has 0 heterocycles. The summed E-state index contributed by atoms with van der Waals surface area (Å²) in [5, 5.41) is 0. The zero-order chi connectivity index (χ0) is 21.8. The Kier molecular flexibility index (Phi) is 7.26. The van der Waals surface area contributed by atoms with Crippen LogP contribution in [0.3, 0.4) is 0 Å². The lowest BCUT2D eigenvalue weighted by molar-refractivity contribution is 0.0314. The highest BCUT2D eigenvalue weighted by atomic mass is 32.2. The number of rotatable bonds is 8. The van der Waals surface area contributed by atoms with Crippen molar-refractivity contribution in [1.82, 2.24) is 4.31 Å². The highest BCUT2D eigenvalue weighted by molar-refractivity contribution is 7.89. The maximum absolute atomic E-state index is 14.2. The molecule has 156 valence electrons. The minimum atomic E-state index is -3.87. The highest BCUT2D eigenvalue weighted by Crippen LogP contribution is 2.21. The second-order valence-electron chi connectivity index (χ2n) is 6.51. The van der Waals surface area contributed by atoms with E-state index in [1.54, 1.807) is 38.1 Å². The van der Waals surface area contributed by atoms with Gasteiger partial charge in [-0.15, -0.1) is 0 Å². The number of carbonyl (C=O) groups is 2. The molecular weight excluding hydrogens is 397 g/mol. The fraction of sp³-hybridized carbons (Fsp3) is 0.333. The lowest BCUT2D eigenvalue weighted by atomic mass is 10.1. The van der Waals surface area contributed by atoms with Gasteiger partial charge in [0.05, 0.1) is 10.5 Å². The Balaban J connectivity index is 2.26. The maximum Gasteiger partial charge on any atom is 0.341 e. The van der Waals surface area contributed by atoms with E-state index in [9.17, 15) is 22.4 Å². The van der Waals surface area contributed by atoms with Gasteiger partial charge in [0, 0.05) is 18.7 Å². The number of sulfonamides is 1. The number of benzene rings is 2. The normalized spacial score (nSPS) is 12.6. The molecule has 2 aromatic carbocycles. The van der Waals surface area contributed by atoms with Crippen LogP contribution in [-0.4, -0.2) is 43.7 Å². The number of Topliss-reactive ketones (excluding diaryl/α,β-unsaturated/α-hetero) is 1. The molecule has 1 atom stereocenters. The van der Waals surface area contributed by atoms with Gasteiger partial charge in [-0.05, 0) is 32.0 Å². The molecule has 0 saturated heterocycles. The van der Waals surface area contributed by atoms with Crippen molar-refractivity contribution >= 4 is 21.8 Å². The third kappa shape index (κ3) is 5.07. The molecule has 0 bridgehead atoms. The highest BCUT2D eigenvalue weighted by Gasteiger charge is 2.26. The molecule has 0 aliphatic heterocycles. The van der Waals surface area contributed by atoms with Crippen LogP contribution in [0.15, 0.2) is 47.4 Å². The Morgan fingerprint density at radius 2 is 1.66 bits per heavy atom. The maximum atomic E-state index is 14.2. The number of esters is 1. The van der Waals surface area contributed by atoms with Crippen LogP contribution >= 0.6 is 0 Å². The quantitative estimate of drug-likeness (QED) is 0.481. The molecule has 2 aromatic rings. The number of hydrogen-bond acceptors (Lipinski definition) is 5. The Hall–Kier alpha value is -2.58. The van der Waals surface area contributed by atoms with Crippen LogP contribution in [0.4, 0.5) is 4.39 Å². The molecule has 0 amide bonds. The van der Waals surface area contributed by atoms with Crippen molar-refractivity contribution < 1.29 is 27.1 Å². The van der Waals surface area contributed by atoms with E-state index in [0.29, 0.717) is 5.56 Å². The van der Waals surface area contributed by atoms with Gasteiger partial charge in [0.2, 0.25) is 15.8 Å². The largest absolute Gasteiger partial charge is 0.451 e. The van der Waals surface area contributed by atoms with Crippen molar-refractivity contribution in [1.29, 1.82) is 0 Å². The summed E-state index contributed by atoms with van der Waals surface area (Å²) in [5.74, 6) is -2.47. The summed E-state index contributed by atoms with van der Waals surface area (Å²) in [6.07, 6.45) is -1.16. The number of nitrogens with zero attached hydrogens (tertiary/aromatic N) is 1. The van der Waals surface area contributed by atoms with Crippen LogP contribution in [-0.2, 0) is 14.8 Å². The lowest BCUT2D eigenvalue weighted by Gasteiger charge is -2.19. The van der Waals surface area contributed by atoms with E-state index < -0.39 is 39.3 Å². The molecule has 0 aliphatic rings. The van der Waals surface area contributed by atoms with Crippen LogP contribution in [0.25, 0.3) is 0 Å². The number of halogens is 1. The molecule has 0 fully saturated rings. The molecule has 0 aliphatic carbocycles. The molecule has 0 saturated carbocycles. The topological polar surface area (TPSA) is 80.8 Å². The van der Waals surface area contributed by atoms with Gasteiger partial charge in [0.15, 0.2) is 6.10 Å². The molecule has 29 heavy (non-hydrogen) atoms. The lowest BCUT2D eigenvalue weighted by Crippen LogP contribution is -2.31. The smallest absolute Gasteiger partial charge is 0.341 e. The van der Waals surface area contributed by atoms with Gasteiger partial charge in [-0.3, -0.25) is 4.79 Å². The Labute approximate surface area is 170 Å². The van der Waals surface area contributed by atoms with E-state index in [1.165, 1.54) is 11.2 Å². The Morgan fingerprint density at radius 3 is 2.21 bits per heavy atom. The van der Waals surface area contributed by atoms with E-state index in [1.807, 2.05) is 6.92 Å². The predicted octanol–water partition coefficient (Wildman–Crippen LogP) is 3.59. The van der Waals surface area contributed by atoms with E-state index >= 15 is 0 Å². The molecule has 8 heteroatoms. The van der Waals surface area contributed by atoms with Crippen molar-refractivity contribution in [3.63, 3.8) is 0 Å². The van der Waals surface area contributed by atoms with Gasteiger partial charge in [-0.1, -0.05) is 43.7 Å². The van der Waals surface area contributed by atoms with Crippen LogP contribution < -0.4 is 0 Å². The molecule has 0 N–H and O–H groups in total. The minimum absolute atomic E-state index is 0.216. The monoisotopic (exact) mass is 421 g/mol. The van der Waals surface area contributed by atoms with E-state index in [2.05, 4.69) is 0 Å². The molecule has 0 spiro atoms. The minimum Gasteiger partial charge on any atom is -0.451 e. The number of aryl methyl sites for hydroxylation is 1. The summed E-state index contributed by atoms with van der Waals surface area (Å²) >= 11 is 0. The predicted molar refractivity (Wildman–Crippen MR) is 107 cm³/mol. The van der Waals surface area contributed by atoms with E-state index in [4.69, 9.17) is 4.74 Å². The molecule has 0 aromatic heterocycles. The SMILES string of the molecule is CCN(CC)S(=O)(=O)c1ccc(F)c(C(=O)OC(C)C(=O)c2ccc(C)cc2)c1. The van der Waals surface area contributed by atoms with Gasteiger partial charge < -0.3 is 4.74 Å². The van der Waals surface area contributed by atoms with E-state index in [-0.39, 0.29) is 18.0 Å².